The molecular weight excluding hydrogens is 210 g/mol. The maximum absolute atomic E-state index is 11.8. The van der Waals surface area contributed by atoms with Crippen LogP contribution in [0.1, 0.15) is 43.5 Å². The van der Waals surface area contributed by atoms with Crippen molar-refractivity contribution in [3.8, 4) is 0 Å². The molecule has 17 heavy (non-hydrogen) atoms. The average molecular weight is 233 g/mol. The van der Waals surface area contributed by atoms with Crippen LogP contribution in [0.15, 0.2) is 30.3 Å². The molecule has 2 heteroatoms. The molecule has 1 aromatic carbocycles. The molecule has 0 saturated carbocycles. The highest BCUT2D eigenvalue weighted by Gasteiger charge is 2.05. The largest absolute Gasteiger partial charge is 0.304 e. The first kappa shape index (κ1) is 13.9. The number of rotatable bonds is 8. The molecule has 1 aromatic rings. The second kappa shape index (κ2) is 8.02. The molecule has 94 valence electrons. The zero-order valence-corrected chi connectivity index (χ0v) is 11.0. The van der Waals surface area contributed by atoms with Crippen molar-refractivity contribution in [3.05, 3.63) is 35.9 Å². The summed E-state index contributed by atoms with van der Waals surface area (Å²) < 4.78 is 0. The first-order valence-corrected chi connectivity index (χ1v) is 6.58. The van der Waals surface area contributed by atoms with Crippen molar-refractivity contribution in [2.75, 3.05) is 19.6 Å². The maximum atomic E-state index is 11.8. The van der Waals surface area contributed by atoms with Crippen LogP contribution in [0, 0.1) is 0 Å². The molecule has 0 N–H and O–H groups in total. The fourth-order valence-electron chi connectivity index (χ4n) is 1.93. The van der Waals surface area contributed by atoms with Crippen LogP contribution in [0.5, 0.6) is 0 Å². The van der Waals surface area contributed by atoms with Gasteiger partial charge in [0.15, 0.2) is 5.78 Å². The Balaban J connectivity index is 2.21. The summed E-state index contributed by atoms with van der Waals surface area (Å²) in [5.74, 6) is 0.269. The summed E-state index contributed by atoms with van der Waals surface area (Å²) in [4.78, 5) is 14.2. The summed E-state index contributed by atoms with van der Waals surface area (Å²) in [6, 6.07) is 9.57. The highest BCUT2D eigenvalue weighted by atomic mass is 16.1. The molecule has 0 unspecified atom stereocenters. The molecule has 2 nitrogen and oxygen atoms in total. The molecule has 0 saturated heterocycles. The fraction of sp³-hybridized carbons (Fsp3) is 0.533. The molecule has 0 aliphatic heterocycles. The third-order valence-electron chi connectivity index (χ3n) is 3.12. The average Bonchev–Trinajstić information content (AvgIpc) is 2.40. The Morgan fingerprint density at radius 1 is 1.06 bits per heavy atom. The van der Waals surface area contributed by atoms with Crippen LogP contribution in [0.3, 0.4) is 0 Å². The van der Waals surface area contributed by atoms with Crippen LogP contribution in [0.2, 0.25) is 0 Å². The van der Waals surface area contributed by atoms with Crippen LogP contribution in [0.4, 0.5) is 0 Å². The van der Waals surface area contributed by atoms with E-state index < -0.39 is 0 Å². The lowest BCUT2D eigenvalue weighted by Crippen LogP contribution is -2.24. The van der Waals surface area contributed by atoms with Crippen molar-refractivity contribution in [2.45, 2.75) is 33.1 Å². The first-order valence-electron chi connectivity index (χ1n) is 6.58. The van der Waals surface area contributed by atoms with E-state index in [1.54, 1.807) is 0 Å². The standard InChI is InChI=1S/C15H23NO/c1-3-16(4-2)13-9-8-12-15(17)14-10-6-5-7-11-14/h5-7,10-11H,3-4,8-9,12-13H2,1-2H3. The second-order valence-corrected chi connectivity index (χ2v) is 4.27. The number of Topliss-reactive ketones (excluding diaryl/α,β-unsaturated/α-hetero) is 1. The van der Waals surface area contributed by atoms with Gasteiger partial charge in [0.25, 0.3) is 0 Å². The van der Waals surface area contributed by atoms with Crippen molar-refractivity contribution < 1.29 is 4.79 Å². The van der Waals surface area contributed by atoms with Crippen molar-refractivity contribution in [2.24, 2.45) is 0 Å². The Morgan fingerprint density at radius 2 is 1.71 bits per heavy atom. The molecule has 1 rings (SSSR count). The second-order valence-electron chi connectivity index (χ2n) is 4.27. The van der Waals surface area contributed by atoms with Gasteiger partial charge < -0.3 is 4.90 Å². The van der Waals surface area contributed by atoms with E-state index in [4.69, 9.17) is 0 Å². The van der Waals surface area contributed by atoms with E-state index in [2.05, 4.69) is 18.7 Å². The van der Waals surface area contributed by atoms with Crippen molar-refractivity contribution in [3.63, 3.8) is 0 Å². The number of carbonyl (C=O) groups excluding carboxylic acids is 1. The fourth-order valence-corrected chi connectivity index (χ4v) is 1.93. The van der Waals surface area contributed by atoms with Crippen molar-refractivity contribution >= 4 is 5.78 Å². The number of benzene rings is 1. The predicted octanol–water partition coefficient (Wildman–Crippen LogP) is 3.38. The number of nitrogens with zero attached hydrogens (tertiary/aromatic N) is 1. The number of unbranched alkanes of at least 4 members (excludes halogenated alkanes) is 1. The van der Waals surface area contributed by atoms with Gasteiger partial charge in [0, 0.05) is 12.0 Å². The minimum absolute atomic E-state index is 0.269. The van der Waals surface area contributed by atoms with Gasteiger partial charge in [-0.1, -0.05) is 44.2 Å². The highest BCUT2D eigenvalue weighted by Crippen LogP contribution is 2.07. The summed E-state index contributed by atoms with van der Waals surface area (Å²) in [7, 11) is 0. The topological polar surface area (TPSA) is 20.3 Å². The molecule has 0 aliphatic rings. The normalized spacial score (nSPS) is 10.8. The van der Waals surface area contributed by atoms with E-state index in [0.29, 0.717) is 6.42 Å². The monoisotopic (exact) mass is 233 g/mol. The lowest BCUT2D eigenvalue weighted by molar-refractivity contribution is 0.0978. The number of hydrogen-bond donors (Lipinski definition) is 0. The van der Waals surface area contributed by atoms with Gasteiger partial charge in [-0.05, 0) is 32.5 Å². The Labute approximate surface area is 105 Å². The minimum atomic E-state index is 0.269. The van der Waals surface area contributed by atoms with Crippen LogP contribution < -0.4 is 0 Å². The quantitative estimate of drug-likeness (QED) is 0.507. The lowest BCUT2D eigenvalue weighted by atomic mass is 10.1. The van der Waals surface area contributed by atoms with Crippen LogP contribution in [0.25, 0.3) is 0 Å². The van der Waals surface area contributed by atoms with Gasteiger partial charge in [-0.2, -0.15) is 0 Å². The molecule has 0 aromatic heterocycles. The Kier molecular flexibility index (Phi) is 6.56. The van der Waals surface area contributed by atoms with E-state index in [0.717, 1.165) is 38.0 Å². The third kappa shape index (κ3) is 5.14. The van der Waals surface area contributed by atoms with E-state index in [-0.39, 0.29) is 5.78 Å². The summed E-state index contributed by atoms with van der Waals surface area (Å²) >= 11 is 0. The van der Waals surface area contributed by atoms with Gasteiger partial charge in [-0.25, -0.2) is 0 Å². The number of hydrogen-bond acceptors (Lipinski definition) is 2. The minimum Gasteiger partial charge on any atom is -0.304 e. The molecule has 0 bridgehead atoms. The van der Waals surface area contributed by atoms with Crippen molar-refractivity contribution in [1.82, 2.24) is 4.90 Å². The molecule has 0 radical (unpaired) electrons. The smallest absolute Gasteiger partial charge is 0.162 e. The van der Waals surface area contributed by atoms with Crippen molar-refractivity contribution in [1.29, 1.82) is 0 Å². The van der Waals surface area contributed by atoms with E-state index in [1.165, 1.54) is 0 Å². The zero-order valence-electron chi connectivity index (χ0n) is 11.0. The van der Waals surface area contributed by atoms with Gasteiger partial charge >= 0.3 is 0 Å². The van der Waals surface area contributed by atoms with Gasteiger partial charge in [0.2, 0.25) is 0 Å². The molecule has 0 atom stereocenters. The van der Waals surface area contributed by atoms with Gasteiger partial charge in [0.05, 0.1) is 0 Å². The molecule has 0 spiro atoms. The summed E-state index contributed by atoms with van der Waals surface area (Å²) in [6.45, 7) is 7.67. The number of carbonyl (C=O) groups is 1. The molecule has 0 aliphatic carbocycles. The van der Waals surface area contributed by atoms with E-state index in [1.807, 2.05) is 30.3 Å². The maximum Gasteiger partial charge on any atom is 0.162 e. The van der Waals surface area contributed by atoms with E-state index in [9.17, 15) is 4.79 Å². The lowest BCUT2D eigenvalue weighted by Gasteiger charge is -2.17. The van der Waals surface area contributed by atoms with E-state index >= 15 is 0 Å². The Bertz CT molecular complexity index is 317. The molecule has 0 fully saturated rings. The molecule has 0 heterocycles. The zero-order chi connectivity index (χ0) is 12.5. The van der Waals surface area contributed by atoms with Crippen LogP contribution >= 0.6 is 0 Å². The van der Waals surface area contributed by atoms with Gasteiger partial charge in [0.1, 0.15) is 0 Å². The van der Waals surface area contributed by atoms with Crippen LogP contribution in [-0.4, -0.2) is 30.3 Å². The molecular formula is C15H23NO. The highest BCUT2D eigenvalue weighted by molar-refractivity contribution is 5.95. The Morgan fingerprint density at radius 3 is 2.29 bits per heavy atom. The third-order valence-corrected chi connectivity index (χ3v) is 3.12. The van der Waals surface area contributed by atoms with Crippen LogP contribution in [-0.2, 0) is 0 Å². The molecule has 0 amide bonds. The predicted molar refractivity (Wildman–Crippen MR) is 72.4 cm³/mol. The summed E-state index contributed by atoms with van der Waals surface area (Å²) in [5.41, 5.74) is 0.843. The first-order chi connectivity index (χ1) is 8.27. The number of ketones is 1. The summed E-state index contributed by atoms with van der Waals surface area (Å²) in [5, 5.41) is 0. The Hall–Kier alpha value is -1.15. The SMILES string of the molecule is CCN(CC)CCCCC(=O)c1ccccc1. The van der Waals surface area contributed by atoms with Gasteiger partial charge in [-0.15, -0.1) is 0 Å². The van der Waals surface area contributed by atoms with Gasteiger partial charge in [-0.3, -0.25) is 4.79 Å². The summed E-state index contributed by atoms with van der Waals surface area (Å²) in [6.07, 6.45) is 2.77.